The van der Waals surface area contributed by atoms with Gasteiger partial charge in [0.25, 0.3) is 0 Å². The van der Waals surface area contributed by atoms with Crippen LogP contribution in [-0.4, -0.2) is 33.2 Å². The largest absolute Gasteiger partial charge is 0.493 e. The molecule has 0 spiro atoms. The highest BCUT2D eigenvalue weighted by atomic mass is 16.6. The summed E-state index contributed by atoms with van der Waals surface area (Å²) in [7, 11) is 0. The molecule has 0 aliphatic rings. The minimum Gasteiger partial charge on any atom is -0.493 e. The van der Waals surface area contributed by atoms with Gasteiger partial charge in [-0.05, 0) is 47.6 Å². The van der Waals surface area contributed by atoms with Gasteiger partial charge in [0.1, 0.15) is 11.2 Å². The van der Waals surface area contributed by atoms with Crippen LogP contribution in [0, 0.1) is 0 Å². The van der Waals surface area contributed by atoms with Crippen molar-refractivity contribution in [3.05, 3.63) is 12.1 Å². The molecule has 0 saturated carbocycles. The predicted octanol–water partition coefficient (Wildman–Crippen LogP) is 3.69. The highest BCUT2D eigenvalue weighted by Gasteiger charge is 2.19. The highest BCUT2D eigenvalue weighted by Crippen LogP contribution is 2.22. The fourth-order valence-electron chi connectivity index (χ4n) is 1.37. The van der Waals surface area contributed by atoms with Crippen LogP contribution >= 0.6 is 0 Å². The van der Waals surface area contributed by atoms with Crippen LogP contribution in [0.4, 0.5) is 15.4 Å². The maximum Gasteiger partial charge on any atom is 0.453 e. The maximum absolute atomic E-state index is 11.7. The Morgan fingerprint density at radius 3 is 2.17 bits per heavy atom. The Morgan fingerprint density at radius 2 is 1.65 bits per heavy atom. The third-order valence-corrected chi connectivity index (χ3v) is 2.07. The molecule has 0 fully saturated rings. The summed E-state index contributed by atoms with van der Waals surface area (Å²) >= 11 is 0. The molecule has 9 heteroatoms. The molecule has 0 atom stereocenters. The average Bonchev–Trinajstić information content (AvgIpc) is 2.64. The number of ether oxygens (including phenoxy) is 2. The number of aromatic nitrogens is 1. The Morgan fingerprint density at radius 1 is 1.09 bits per heavy atom. The first-order chi connectivity index (χ1) is 10.4. The summed E-state index contributed by atoms with van der Waals surface area (Å²) in [6.45, 7) is 10.2. The third kappa shape index (κ3) is 6.81. The van der Waals surface area contributed by atoms with E-state index in [0.717, 1.165) is 4.68 Å². The van der Waals surface area contributed by atoms with Crippen LogP contribution in [0.1, 0.15) is 41.5 Å². The lowest BCUT2D eigenvalue weighted by molar-refractivity contribution is 0.0589. The van der Waals surface area contributed by atoms with Crippen molar-refractivity contribution in [3.8, 4) is 5.88 Å². The van der Waals surface area contributed by atoms with Gasteiger partial charge < -0.3 is 14.6 Å². The smallest absolute Gasteiger partial charge is 0.453 e. The topological polar surface area (TPSA) is 115 Å². The summed E-state index contributed by atoms with van der Waals surface area (Å²) < 4.78 is 11.0. The monoisotopic (exact) mass is 326 g/mol. The molecule has 0 saturated heterocycles. The first-order valence-corrected chi connectivity index (χ1v) is 6.93. The van der Waals surface area contributed by atoms with Gasteiger partial charge in [-0.15, -0.1) is 5.11 Å². The van der Waals surface area contributed by atoms with Crippen LogP contribution in [-0.2, 0) is 9.47 Å². The summed E-state index contributed by atoms with van der Waals surface area (Å²) in [5.74, 6) is -0.270. The lowest BCUT2D eigenvalue weighted by atomic mass is 10.2. The molecule has 0 aromatic carbocycles. The molecule has 128 valence electrons. The molecule has 23 heavy (non-hydrogen) atoms. The molecule has 0 radical (unpaired) electrons. The van der Waals surface area contributed by atoms with Gasteiger partial charge in [0, 0.05) is 6.07 Å². The number of carbonyl (C=O) groups is 2. The SMILES string of the molecule is CC(C)(C)OC(=O)N=Nc1ccc(O)n1NC(=O)OC(C)(C)C. The maximum atomic E-state index is 11.7. The van der Waals surface area contributed by atoms with Crippen molar-refractivity contribution in [2.24, 2.45) is 10.2 Å². The Kier molecular flexibility index (Phi) is 5.36. The van der Waals surface area contributed by atoms with Crippen molar-refractivity contribution in [2.45, 2.75) is 52.7 Å². The van der Waals surface area contributed by atoms with Crippen molar-refractivity contribution in [1.82, 2.24) is 4.68 Å². The standard InChI is InChI=1S/C14H22N4O5/c1-13(2,3)22-11(20)16-15-9-7-8-10(19)18(9)17-12(21)23-14(4,5)6/h7-8,19H,1-6H3,(H,17,21). The minimum atomic E-state index is -0.887. The molecule has 1 rings (SSSR count). The molecule has 9 nitrogen and oxygen atoms in total. The molecular formula is C14H22N4O5. The molecule has 1 aromatic rings. The fourth-order valence-corrected chi connectivity index (χ4v) is 1.37. The van der Waals surface area contributed by atoms with Gasteiger partial charge in [-0.1, -0.05) is 5.11 Å². The van der Waals surface area contributed by atoms with Crippen LogP contribution in [0.5, 0.6) is 5.88 Å². The number of amides is 2. The third-order valence-electron chi connectivity index (χ3n) is 2.07. The van der Waals surface area contributed by atoms with Crippen LogP contribution in [0.3, 0.4) is 0 Å². The van der Waals surface area contributed by atoms with Crippen molar-refractivity contribution < 1.29 is 24.2 Å². The van der Waals surface area contributed by atoms with E-state index in [1.54, 1.807) is 41.5 Å². The van der Waals surface area contributed by atoms with Crippen molar-refractivity contribution in [1.29, 1.82) is 0 Å². The number of aromatic hydroxyl groups is 1. The Hall–Kier alpha value is -2.58. The second-order valence-electron chi connectivity index (χ2n) is 6.68. The van der Waals surface area contributed by atoms with Gasteiger partial charge in [-0.3, -0.25) is 0 Å². The zero-order valence-electron chi connectivity index (χ0n) is 14.1. The number of carbonyl (C=O) groups excluding carboxylic acids is 2. The fraction of sp³-hybridized carbons (Fsp3) is 0.571. The van der Waals surface area contributed by atoms with Gasteiger partial charge in [0.2, 0.25) is 5.88 Å². The van der Waals surface area contributed by atoms with Gasteiger partial charge in [-0.2, -0.15) is 4.68 Å². The molecule has 0 aliphatic carbocycles. The summed E-state index contributed by atoms with van der Waals surface area (Å²) in [6.07, 6.45) is -1.68. The van der Waals surface area contributed by atoms with E-state index in [-0.39, 0.29) is 11.7 Å². The van der Waals surface area contributed by atoms with E-state index < -0.39 is 23.4 Å². The highest BCUT2D eigenvalue weighted by molar-refractivity contribution is 5.77. The van der Waals surface area contributed by atoms with E-state index >= 15 is 0 Å². The van der Waals surface area contributed by atoms with E-state index in [1.807, 2.05) is 0 Å². The summed E-state index contributed by atoms with van der Waals surface area (Å²) in [5.41, 5.74) is 0.884. The average molecular weight is 326 g/mol. The minimum absolute atomic E-state index is 0.0271. The second-order valence-corrected chi connectivity index (χ2v) is 6.68. The Bertz CT molecular complexity index is 608. The van der Waals surface area contributed by atoms with E-state index in [4.69, 9.17) is 9.47 Å². The molecule has 0 bridgehead atoms. The number of hydrogen-bond acceptors (Lipinski definition) is 6. The number of nitrogens with zero attached hydrogens (tertiary/aromatic N) is 3. The molecule has 1 aromatic heterocycles. The molecule has 2 amide bonds. The summed E-state index contributed by atoms with van der Waals surface area (Å²) in [4.78, 5) is 23.2. The Labute approximate surface area is 134 Å². The molecule has 1 heterocycles. The van der Waals surface area contributed by atoms with E-state index in [1.165, 1.54) is 12.1 Å². The lowest BCUT2D eigenvalue weighted by Crippen LogP contribution is -2.31. The van der Waals surface area contributed by atoms with Crippen LogP contribution in [0.15, 0.2) is 22.4 Å². The van der Waals surface area contributed by atoms with Crippen LogP contribution < -0.4 is 5.43 Å². The molecule has 0 unspecified atom stereocenters. The number of azo groups is 1. The quantitative estimate of drug-likeness (QED) is 0.804. The van der Waals surface area contributed by atoms with Gasteiger partial charge in [0.05, 0.1) is 0 Å². The normalized spacial score (nSPS) is 12.3. The van der Waals surface area contributed by atoms with Crippen molar-refractivity contribution in [2.75, 3.05) is 5.43 Å². The van der Waals surface area contributed by atoms with Crippen LogP contribution in [0.25, 0.3) is 0 Å². The van der Waals surface area contributed by atoms with Gasteiger partial charge >= 0.3 is 12.2 Å². The number of hydrogen-bond donors (Lipinski definition) is 2. The first kappa shape index (κ1) is 18.5. The lowest BCUT2D eigenvalue weighted by Gasteiger charge is -2.20. The molecule has 2 N–H and O–H groups in total. The van der Waals surface area contributed by atoms with E-state index in [2.05, 4.69) is 15.7 Å². The zero-order valence-corrected chi connectivity index (χ0v) is 14.1. The van der Waals surface area contributed by atoms with Gasteiger partial charge in [-0.25, -0.2) is 15.0 Å². The second kappa shape index (κ2) is 6.67. The Balaban J connectivity index is 2.83. The first-order valence-electron chi connectivity index (χ1n) is 6.93. The zero-order chi connectivity index (χ0) is 17.8. The number of nitrogens with one attached hydrogen (secondary N) is 1. The molecule has 0 aliphatic heterocycles. The van der Waals surface area contributed by atoms with Crippen molar-refractivity contribution in [3.63, 3.8) is 0 Å². The van der Waals surface area contributed by atoms with Gasteiger partial charge in [0.15, 0.2) is 5.82 Å². The van der Waals surface area contributed by atoms with Crippen molar-refractivity contribution >= 4 is 18.0 Å². The predicted molar refractivity (Wildman–Crippen MR) is 82.4 cm³/mol. The van der Waals surface area contributed by atoms with Crippen LogP contribution in [0.2, 0.25) is 0 Å². The summed E-state index contributed by atoms with van der Waals surface area (Å²) in [6, 6.07) is 2.64. The van der Waals surface area contributed by atoms with E-state index in [9.17, 15) is 14.7 Å². The molecular weight excluding hydrogens is 304 g/mol. The number of rotatable bonds is 2. The van der Waals surface area contributed by atoms with E-state index in [0.29, 0.717) is 0 Å². The summed E-state index contributed by atoms with van der Waals surface area (Å²) in [5, 5.41) is 16.7.